The second kappa shape index (κ2) is 10.5. The highest BCUT2D eigenvalue weighted by molar-refractivity contribution is 5.85. The molecule has 1 aromatic carbocycles. The monoisotopic (exact) mass is 340 g/mol. The van der Waals surface area contributed by atoms with Gasteiger partial charge in [0, 0.05) is 18.5 Å². The van der Waals surface area contributed by atoms with E-state index in [9.17, 15) is 4.79 Å². The molecule has 2 N–H and O–H groups in total. The molecule has 130 valence electrons. The van der Waals surface area contributed by atoms with E-state index >= 15 is 0 Å². The average molecular weight is 341 g/mol. The summed E-state index contributed by atoms with van der Waals surface area (Å²) in [4.78, 5) is 12.0. The van der Waals surface area contributed by atoms with Crippen molar-refractivity contribution in [2.24, 2.45) is 11.8 Å². The van der Waals surface area contributed by atoms with Gasteiger partial charge in [-0.15, -0.1) is 12.4 Å². The number of carbonyl (C=O) groups excluding carboxylic acids is 1. The zero-order chi connectivity index (χ0) is 15.8. The summed E-state index contributed by atoms with van der Waals surface area (Å²) in [6.07, 6.45) is 2.78. The fourth-order valence-electron chi connectivity index (χ4n) is 2.63. The molecule has 1 heterocycles. The van der Waals surface area contributed by atoms with Crippen LogP contribution in [0.2, 0.25) is 0 Å². The molecule has 0 aromatic heterocycles. The lowest BCUT2D eigenvalue weighted by Gasteiger charge is -2.14. The first kappa shape index (κ1) is 19.8. The summed E-state index contributed by atoms with van der Waals surface area (Å²) in [5.41, 5.74) is 1.04. The molecule has 1 aliphatic heterocycles. The molecule has 0 radical (unpaired) electrons. The second-order valence-corrected chi connectivity index (χ2v) is 6.49. The molecule has 0 aliphatic carbocycles. The van der Waals surface area contributed by atoms with E-state index < -0.39 is 0 Å². The smallest absolute Gasteiger partial charge is 0.220 e. The van der Waals surface area contributed by atoms with Gasteiger partial charge in [-0.2, -0.15) is 0 Å². The molecule has 23 heavy (non-hydrogen) atoms. The van der Waals surface area contributed by atoms with Crippen LogP contribution >= 0.6 is 12.4 Å². The summed E-state index contributed by atoms with van der Waals surface area (Å²) >= 11 is 0. The third kappa shape index (κ3) is 7.23. The largest absolute Gasteiger partial charge is 0.493 e. The molecule has 1 aromatic rings. The Morgan fingerprint density at radius 3 is 2.87 bits per heavy atom. The van der Waals surface area contributed by atoms with Gasteiger partial charge in [-0.3, -0.25) is 4.79 Å². The van der Waals surface area contributed by atoms with Gasteiger partial charge in [0.25, 0.3) is 0 Å². The highest BCUT2D eigenvalue weighted by atomic mass is 35.5. The number of ether oxygens (including phenoxy) is 1. The van der Waals surface area contributed by atoms with Crippen molar-refractivity contribution >= 4 is 18.3 Å². The maximum atomic E-state index is 12.0. The summed E-state index contributed by atoms with van der Waals surface area (Å²) in [6, 6.07) is 7.92. The zero-order valence-corrected chi connectivity index (χ0v) is 15.0. The second-order valence-electron chi connectivity index (χ2n) is 6.49. The summed E-state index contributed by atoms with van der Waals surface area (Å²) in [5.74, 6) is 2.15. The number of halogens is 1. The van der Waals surface area contributed by atoms with Crippen LogP contribution < -0.4 is 15.4 Å². The van der Waals surface area contributed by atoms with Crippen molar-refractivity contribution < 1.29 is 9.53 Å². The van der Waals surface area contributed by atoms with Crippen LogP contribution in [0.3, 0.4) is 0 Å². The lowest BCUT2D eigenvalue weighted by atomic mass is 10.0. The van der Waals surface area contributed by atoms with Gasteiger partial charge in [-0.05, 0) is 43.8 Å². The maximum absolute atomic E-state index is 12.0. The summed E-state index contributed by atoms with van der Waals surface area (Å²) in [6.45, 7) is 7.63. The van der Waals surface area contributed by atoms with Crippen LogP contribution in [-0.4, -0.2) is 25.6 Å². The predicted molar refractivity (Wildman–Crippen MR) is 96.1 cm³/mol. The molecule has 1 saturated heterocycles. The van der Waals surface area contributed by atoms with E-state index in [-0.39, 0.29) is 18.3 Å². The Balaban J connectivity index is 0.00000264. The number of benzene rings is 1. The Morgan fingerprint density at radius 2 is 2.17 bits per heavy atom. The van der Waals surface area contributed by atoms with E-state index in [0.717, 1.165) is 30.8 Å². The zero-order valence-electron chi connectivity index (χ0n) is 14.1. The van der Waals surface area contributed by atoms with Gasteiger partial charge in [0.1, 0.15) is 5.75 Å². The van der Waals surface area contributed by atoms with E-state index in [1.54, 1.807) is 0 Å². The van der Waals surface area contributed by atoms with E-state index in [1.807, 2.05) is 24.3 Å². The summed E-state index contributed by atoms with van der Waals surface area (Å²) in [5, 5.41) is 6.35. The number of carbonyl (C=O) groups is 1. The van der Waals surface area contributed by atoms with Gasteiger partial charge in [0.2, 0.25) is 5.91 Å². The van der Waals surface area contributed by atoms with Gasteiger partial charge >= 0.3 is 0 Å². The molecule has 0 saturated carbocycles. The van der Waals surface area contributed by atoms with Gasteiger partial charge in [0.15, 0.2) is 0 Å². The number of hydrogen-bond donors (Lipinski definition) is 2. The van der Waals surface area contributed by atoms with Crippen LogP contribution in [0.4, 0.5) is 0 Å². The number of hydrogen-bond acceptors (Lipinski definition) is 3. The minimum Gasteiger partial charge on any atom is -0.493 e. The molecule has 1 aliphatic rings. The van der Waals surface area contributed by atoms with Crippen LogP contribution in [0, 0.1) is 11.8 Å². The van der Waals surface area contributed by atoms with Crippen molar-refractivity contribution in [3.8, 4) is 5.75 Å². The number of amides is 1. The van der Waals surface area contributed by atoms with Crippen LogP contribution in [0.25, 0.3) is 0 Å². The minimum absolute atomic E-state index is 0. The number of nitrogens with one attached hydrogen (secondary N) is 2. The first-order chi connectivity index (χ1) is 10.6. The van der Waals surface area contributed by atoms with Gasteiger partial charge < -0.3 is 15.4 Å². The lowest BCUT2D eigenvalue weighted by Crippen LogP contribution is -2.24. The van der Waals surface area contributed by atoms with Gasteiger partial charge in [0.05, 0.1) is 6.61 Å². The highest BCUT2D eigenvalue weighted by Crippen LogP contribution is 2.19. The molecular weight excluding hydrogens is 312 g/mol. The van der Waals surface area contributed by atoms with Crippen molar-refractivity contribution in [2.45, 2.75) is 39.7 Å². The SMILES string of the molecule is CC(C)COc1ccccc1CNC(=O)CCC1CCNC1.Cl. The third-order valence-corrected chi connectivity index (χ3v) is 3.96. The fourth-order valence-corrected chi connectivity index (χ4v) is 2.63. The molecule has 4 nitrogen and oxygen atoms in total. The van der Waals surface area contributed by atoms with Gasteiger partial charge in [-0.1, -0.05) is 32.0 Å². The van der Waals surface area contributed by atoms with Crippen molar-refractivity contribution in [2.75, 3.05) is 19.7 Å². The molecule has 0 bridgehead atoms. The molecule has 1 atom stereocenters. The van der Waals surface area contributed by atoms with Crippen LogP contribution in [0.5, 0.6) is 5.75 Å². The fraction of sp³-hybridized carbons (Fsp3) is 0.611. The third-order valence-electron chi connectivity index (χ3n) is 3.96. The first-order valence-electron chi connectivity index (χ1n) is 8.33. The molecule has 1 fully saturated rings. The van der Waals surface area contributed by atoms with Crippen molar-refractivity contribution in [3.05, 3.63) is 29.8 Å². The quantitative estimate of drug-likeness (QED) is 0.764. The molecule has 1 unspecified atom stereocenters. The van der Waals surface area contributed by atoms with E-state index in [2.05, 4.69) is 24.5 Å². The highest BCUT2D eigenvalue weighted by Gasteiger charge is 2.15. The Morgan fingerprint density at radius 1 is 1.39 bits per heavy atom. The summed E-state index contributed by atoms with van der Waals surface area (Å²) in [7, 11) is 0. The molecular formula is C18H29ClN2O2. The van der Waals surface area contributed by atoms with Crippen LogP contribution in [-0.2, 0) is 11.3 Å². The topological polar surface area (TPSA) is 50.4 Å². The molecule has 5 heteroatoms. The van der Waals surface area contributed by atoms with E-state index in [0.29, 0.717) is 31.4 Å². The Kier molecular flexibility index (Phi) is 9.03. The van der Waals surface area contributed by atoms with Crippen molar-refractivity contribution in [1.29, 1.82) is 0 Å². The Labute approximate surface area is 145 Å². The summed E-state index contributed by atoms with van der Waals surface area (Å²) < 4.78 is 5.81. The Hall–Kier alpha value is -1.26. The standard InChI is InChI=1S/C18H28N2O2.ClH/c1-14(2)13-22-17-6-4-3-5-16(17)12-20-18(21)8-7-15-9-10-19-11-15;/h3-6,14-15,19H,7-13H2,1-2H3,(H,20,21);1H. The minimum atomic E-state index is 0. The predicted octanol–water partition coefficient (Wildman–Crippen LogP) is 3.15. The van der Waals surface area contributed by atoms with Crippen molar-refractivity contribution in [1.82, 2.24) is 10.6 Å². The van der Waals surface area contributed by atoms with Crippen LogP contribution in [0.15, 0.2) is 24.3 Å². The maximum Gasteiger partial charge on any atom is 0.220 e. The average Bonchev–Trinajstić information content (AvgIpc) is 3.03. The normalized spacial score (nSPS) is 16.9. The lowest BCUT2D eigenvalue weighted by molar-refractivity contribution is -0.121. The van der Waals surface area contributed by atoms with Crippen molar-refractivity contribution in [3.63, 3.8) is 0 Å². The molecule has 2 rings (SSSR count). The molecule has 0 spiro atoms. The van der Waals surface area contributed by atoms with E-state index in [4.69, 9.17) is 4.74 Å². The Bertz CT molecular complexity index is 474. The van der Waals surface area contributed by atoms with Gasteiger partial charge in [-0.25, -0.2) is 0 Å². The molecule has 1 amide bonds. The van der Waals surface area contributed by atoms with E-state index in [1.165, 1.54) is 6.42 Å². The number of rotatable bonds is 8. The number of para-hydroxylation sites is 1. The first-order valence-corrected chi connectivity index (χ1v) is 8.33. The van der Waals surface area contributed by atoms with Crippen LogP contribution in [0.1, 0.15) is 38.7 Å².